The molecular formula is C12H24N4O. The van der Waals surface area contributed by atoms with E-state index < -0.39 is 0 Å². The maximum absolute atomic E-state index is 8.95. The largest absolute Gasteiger partial charge is 0.396 e. The van der Waals surface area contributed by atoms with Gasteiger partial charge >= 0.3 is 0 Å². The molecule has 0 saturated carbocycles. The Balaban J connectivity index is 2.67. The van der Waals surface area contributed by atoms with Crippen LogP contribution in [0.4, 0.5) is 11.5 Å². The fourth-order valence-corrected chi connectivity index (χ4v) is 1.88. The molecule has 1 aromatic rings. The van der Waals surface area contributed by atoms with Gasteiger partial charge in [-0.2, -0.15) is 5.10 Å². The summed E-state index contributed by atoms with van der Waals surface area (Å²) in [5, 5.41) is 16.7. The van der Waals surface area contributed by atoms with Crippen molar-refractivity contribution in [2.24, 2.45) is 5.92 Å². The van der Waals surface area contributed by atoms with Crippen molar-refractivity contribution in [3.05, 3.63) is 5.69 Å². The van der Waals surface area contributed by atoms with E-state index in [4.69, 9.17) is 10.8 Å². The minimum atomic E-state index is 0.238. The highest BCUT2D eigenvalue weighted by Crippen LogP contribution is 2.22. The molecule has 98 valence electrons. The molecule has 0 aliphatic heterocycles. The summed E-state index contributed by atoms with van der Waals surface area (Å²) >= 11 is 0. The van der Waals surface area contributed by atoms with Crippen LogP contribution in [0.15, 0.2) is 0 Å². The van der Waals surface area contributed by atoms with Gasteiger partial charge in [0.05, 0.1) is 11.4 Å². The molecule has 1 rings (SSSR count). The Kier molecular flexibility index (Phi) is 5.28. The zero-order valence-electron chi connectivity index (χ0n) is 11.0. The second kappa shape index (κ2) is 6.49. The molecular weight excluding hydrogens is 216 g/mol. The molecule has 0 radical (unpaired) electrons. The number of nitrogens with two attached hydrogens (primary N) is 1. The summed E-state index contributed by atoms with van der Waals surface area (Å²) < 4.78 is 1.89. The van der Waals surface area contributed by atoms with Gasteiger partial charge in [-0.1, -0.05) is 13.3 Å². The van der Waals surface area contributed by atoms with E-state index in [2.05, 4.69) is 17.3 Å². The number of aryl methyl sites for hydroxylation is 2. The van der Waals surface area contributed by atoms with Crippen LogP contribution in [0.3, 0.4) is 0 Å². The number of anilines is 2. The summed E-state index contributed by atoms with van der Waals surface area (Å²) in [4.78, 5) is 0. The lowest BCUT2D eigenvalue weighted by Gasteiger charge is -2.16. The average Bonchev–Trinajstić information content (AvgIpc) is 2.61. The van der Waals surface area contributed by atoms with E-state index in [9.17, 15) is 0 Å². The Morgan fingerprint density at radius 2 is 2.18 bits per heavy atom. The van der Waals surface area contributed by atoms with Crippen molar-refractivity contribution in [1.29, 1.82) is 0 Å². The number of hydrogen-bond acceptors (Lipinski definition) is 4. The summed E-state index contributed by atoms with van der Waals surface area (Å²) in [6.07, 6.45) is 1.87. The molecule has 0 spiro atoms. The van der Waals surface area contributed by atoms with E-state index >= 15 is 0 Å². The minimum absolute atomic E-state index is 0.238. The van der Waals surface area contributed by atoms with E-state index in [-0.39, 0.29) is 6.61 Å². The van der Waals surface area contributed by atoms with E-state index in [1.165, 1.54) is 0 Å². The molecule has 4 N–H and O–H groups in total. The zero-order valence-corrected chi connectivity index (χ0v) is 11.0. The Morgan fingerprint density at radius 3 is 2.71 bits per heavy atom. The Morgan fingerprint density at radius 1 is 1.47 bits per heavy atom. The van der Waals surface area contributed by atoms with Gasteiger partial charge in [0.2, 0.25) is 0 Å². The third kappa shape index (κ3) is 3.36. The van der Waals surface area contributed by atoms with Crippen LogP contribution in [0.5, 0.6) is 0 Å². The number of nitrogens with one attached hydrogen (secondary N) is 1. The lowest BCUT2D eigenvalue weighted by Crippen LogP contribution is -2.17. The van der Waals surface area contributed by atoms with Crippen molar-refractivity contribution in [2.75, 3.05) is 24.2 Å². The smallest absolute Gasteiger partial charge is 0.148 e. The van der Waals surface area contributed by atoms with Crippen molar-refractivity contribution >= 4 is 11.5 Å². The highest BCUT2D eigenvalue weighted by molar-refractivity contribution is 5.64. The first kappa shape index (κ1) is 13.8. The maximum atomic E-state index is 8.95. The second-order valence-corrected chi connectivity index (χ2v) is 4.33. The van der Waals surface area contributed by atoms with Gasteiger partial charge in [0.1, 0.15) is 5.82 Å². The maximum Gasteiger partial charge on any atom is 0.148 e. The molecule has 1 atom stereocenters. The molecule has 1 unspecified atom stereocenters. The molecule has 0 aliphatic carbocycles. The summed E-state index contributed by atoms with van der Waals surface area (Å²) in [5.41, 5.74) is 7.58. The number of nitrogen functional groups attached to an aromatic ring is 1. The monoisotopic (exact) mass is 240 g/mol. The van der Waals surface area contributed by atoms with E-state index in [0.717, 1.165) is 43.1 Å². The highest BCUT2D eigenvalue weighted by Gasteiger charge is 2.13. The molecule has 0 aromatic carbocycles. The third-order valence-corrected chi connectivity index (χ3v) is 3.15. The lowest BCUT2D eigenvalue weighted by molar-refractivity contribution is 0.258. The van der Waals surface area contributed by atoms with Crippen LogP contribution in [0, 0.1) is 12.8 Å². The van der Waals surface area contributed by atoms with Crippen molar-refractivity contribution in [1.82, 2.24) is 9.78 Å². The number of aliphatic hydroxyl groups excluding tert-OH is 1. The number of aromatic nitrogens is 2. The number of aliphatic hydroxyl groups is 1. The first-order valence-corrected chi connectivity index (χ1v) is 6.31. The number of rotatable bonds is 7. The van der Waals surface area contributed by atoms with Crippen LogP contribution in [0.25, 0.3) is 0 Å². The van der Waals surface area contributed by atoms with Crippen molar-refractivity contribution < 1.29 is 5.11 Å². The van der Waals surface area contributed by atoms with Gasteiger partial charge in [0.15, 0.2) is 0 Å². The van der Waals surface area contributed by atoms with Gasteiger partial charge in [-0.25, -0.2) is 4.68 Å². The highest BCUT2D eigenvalue weighted by atomic mass is 16.3. The SMILES string of the molecule is CCC(CCO)CNc1c(N)c(C)nn1CC. The first-order valence-electron chi connectivity index (χ1n) is 6.31. The fourth-order valence-electron chi connectivity index (χ4n) is 1.88. The molecule has 0 aliphatic rings. The normalized spacial score (nSPS) is 12.7. The Labute approximate surface area is 103 Å². The predicted molar refractivity (Wildman–Crippen MR) is 71.0 cm³/mol. The molecule has 0 fully saturated rings. The predicted octanol–water partition coefficient (Wildman–Crippen LogP) is 1.61. The van der Waals surface area contributed by atoms with Gasteiger partial charge in [-0.15, -0.1) is 0 Å². The average molecular weight is 240 g/mol. The van der Waals surface area contributed by atoms with Crippen LogP contribution < -0.4 is 11.1 Å². The molecule has 1 aromatic heterocycles. The molecule has 5 heteroatoms. The van der Waals surface area contributed by atoms with E-state index in [1.807, 2.05) is 18.5 Å². The molecule has 0 amide bonds. The summed E-state index contributed by atoms with van der Waals surface area (Å²) in [7, 11) is 0. The van der Waals surface area contributed by atoms with Crippen LogP contribution >= 0.6 is 0 Å². The topological polar surface area (TPSA) is 76.1 Å². The molecule has 0 bridgehead atoms. The first-order chi connectivity index (χ1) is 8.13. The van der Waals surface area contributed by atoms with Gasteiger partial charge in [0, 0.05) is 19.7 Å². The van der Waals surface area contributed by atoms with Crippen LogP contribution in [-0.4, -0.2) is 28.0 Å². The Hall–Kier alpha value is -1.23. The van der Waals surface area contributed by atoms with Crippen LogP contribution in [0.1, 0.15) is 32.4 Å². The van der Waals surface area contributed by atoms with Crippen molar-refractivity contribution in [3.63, 3.8) is 0 Å². The van der Waals surface area contributed by atoms with Crippen molar-refractivity contribution in [3.8, 4) is 0 Å². The Bertz CT molecular complexity index is 349. The standard InChI is InChI=1S/C12H24N4O/c1-4-10(6-7-17)8-14-12-11(13)9(3)15-16(12)5-2/h10,14,17H,4-8,13H2,1-3H3. The molecule has 0 saturated heterocycles. The van der Waals surface area contributed by atoms with E-state index in [0.29, 0.717) is 5.92 Å². The second-order valence-electron chi connectivity index (χ2n) is 4.33. The van der Waals surface area contributed by atoms with Crippen molar-refractivity contribution in [2.45, 2.75) is 40.2 Å². The molecule has 1 heterocycles. The summed E-state index contributed by atoms with van der Waals surface area (Å²) in [5.74, 6) is 1.38. The van der Waals surface area contributed by atoms with Gasteiger partial charge in [-0.3, -0.25) is 0 Å². The molecule has 17 heavy (non-hydrogen) atoms. The summed E-state index contributed by atoms with van der Waals surface area (Å²) in [6, 6.07) is 0. The zero-order chi connectivity index (χ0) is 12.8. The minimum Gasteiger partial charge on any atom is -0.396 e. The van der Waals surface area contributed by atoms with Gasteiger partial charge in [0.25, 0.3) is 0 Å². The van der Waals surface area contributed by atoms with Crippen LogP contribution in [0.2, 0.25) is 0 Å². The third-order valence-electron chi connectivity index (χ3n) is 3.15. The van der Waals surface area contributed by atoms with Gasteiger partial charge < -0.3 is 16.2 Å². The lowest BCUT2D eigenvalue weighted by atomic mass is 10.0. The fraction of sp³-hybridized carbons (Fsp3) is 0.750. The molecule has 5 nitrogen and oxygen atoms in total. The number of hydrogen-bond donors (Lipinski definition) is 3. The van der Waals surface area contributed by atoms with Crippen LogP contribution in [-0.2, 0) is 6.54 Å². The van der Waals surface area contributed by atoms with Gasteiger partial charge in [-0.05, 0) is 26.2 Å². The quantitative estimate of drug-likeness (QED) is 0.677. The summed E-state index contributed by atoms with van der Waals surface area (Å²) in [6.45, 7) is 7.96. The number of nitrogens with zero attached hydrogens (tertiary/aromatic N) is 2. The van der Waals surface area contributed by atoms with E-state index in [1.54, 1.807) is 0 Å².